The molecule has 5 heteroatoms. The summed E-state index contributed by atoms with van der Waals surface area (Å²) in [6.07, 6.45) is 8.02. The van der Waals surface area contributed by atoms with Gasteiger partial charge < -0.3 is 14.6 Å². The first-order valence-corrected chi connectivity index (χ1v) is 12.4. The maximum Gasteiger partial charge on any atom is 0.126 e. The number of fused-ring (bicyclic) bond motifs is 5. The van der Waals surface area contributed by atoms with Gasteiger partial charge in [0.15, 0.2) is 0 Å². The maximum atomic E-state index is 13.4. The van der Waals surface area contributed by atoms with Crippen molar-refractivity contribution in [1.82, 2.24) is 0 Å². The SMILES string of the molecule is C[C@]12CC[C@@H]3c4ccc(OCc5cc(F)cc(F)c5)cc4CC[C@H]3[C@@H]1CC[C@@H]2OCCCO. The van der Waals surface area contributed by atoms with Crippen LogP contribution in [0.25, 0.3) is 0 Å². The molecule has 0 aromatic heterocycles. The molecule has 0 unspecified atom stereocenters. The van der Waals surface area contributed by atoms with E-state index in [9.17, 15) is 8.78 Å². The first-order chi connectivity index (χ1) is 16.0. The van der Waals surface area contributed by atoms with Crippen LogP contribution in [-0.2, 0) is 17.8 Å². The van der Waals surface area contributed by atoms with Gasteiger partial charge in [-0.15, -0.1) is 0 Å². The average molecular weight is 457 g/mol. The van der Waals surface area contributed by atoms with E-state index in [4.69, 9.17) is 14.6 Å². The van der Waals surface area contributed by atoms with Crippen molar-refractivity contribution >= 4 is 0 Å². The highest BCUT2D eigenvalue weighted by Gasteiger charge is 2.55. The summed E-state index contributed by atoms with van der Waals surface area (Å²) in [5, 5.41) is 9.10. The highest BCUT2D eigenvalue weighted by atomic mass is 19.1. The first-order valence-electron chi connectivity index (χ1n) is 12.4. The number of hydrogen-bond donors (Lipinski definition) is 1. The number of aliphatic hydroxyl groups is 1. The summed E-state index contributed by atoms with van der Waals surface area (Å²) in [4.78, 5) is 0. The molecule has 1 N–H and O–H groups in total. The van der Waals surface area contributed by atoms with E-state index < -0.39 is 11.6 Å². The largest absolute Gasteiger partial charge is 0.489 e. The lowest BCUT2D eigenvalue weighted by atomic mass is 9.55. The van der Waals surface area contributed by atoms with E-state index in [-0.39, 0.29) is 18.6 Å². The minimum Gasteiger partial charge on any atom is -0.489 e. The molecule has 0 saturated heterocycles. The predicted octanol–water partition coefficient (Wildman–Crippen LogP) is 6.17. The van der Waals surface area contributed by atoms with Gasteiger partial charge >= 0.3 is 0 Å². The first kappa shape index (κ1) is 22.8. The van der Waals surface area contributed by atoms with Crippen molar-refractivity contribution in [2.24, 2.45) is 17.3 Å². The van der Waals surface area contributed by atoms with E-state index in [1.165, 1.54) is 48.9 Å². The fraction of sp³-hybridized carbons (Fsp3) is 0.571. The molecule has 3 aliphatic rings. The molecule has 2 aromatic carbocycles. The highest BCUT2D eigenvalue weighted by molar-refractivity contribution is 5.41. The zero-order chi connectivity index (χ0) is 23.0. The Kier molecular flexibility index (Phi) is 6.45. The number of hydrogen-bond acceptors (Lipinski definition) is 3. The van der Waals surface area contributed by atoms with Crippen molar-refractivity contribution in [1.29, 1.82) is 0 Å². The second kappa shape index (κ2) is 9.34. The summed E-state index contributed by atoms with van der Waals surface area (Å²) in [5.74, 6) is 1.59. The molecule has 3 aliphatic carbocycles. The Balaban J connectivity index is 1.27. The van der Waals surface area contributed by atoms with Crippen LogP contribution in [0.3, 0.4) is 0 Å². The lowest BCUT2D eigenvalue weighted by molar-refractivity contribution is -0.0661. The summed E-state index contributed by atoms with van der Waals surface area (Å²) in [7, 11) is 0. The molecule has 0 spiro atoms. The molecular formula is C28H34F2O3. The Morgan fingerprint density at radius 1 is 1.03 bits per heavy atom. The van der Waals surface area contributed by atoms with E-state index in [0.717, 1.165) is 31.1 Å². The predicted molar refractivity (Wildman–Crippen MR) is 123 cm³/mol. The standard InChI is InChI=1S/C28H34F2O3/c1-28-10-9-24-23-6-4-22(33-17-18-13-20(29)16-21(30)14-18)15-19(23)3-5-25(24)26(28)7-8-27(28)32-12-2-11-31/h4,6,13-16,24-27,31H,2-3,5,7-12,17H2,1H3/t24-,25-,26+,27+,28+/m1/s1. The zero-order valence-electron chi connectivity index (χ0n) is 19.4. The quantitative estimate of drug-likeness (QED) is 0.507. The molecule has 5 atom stereocenters. The van der Waals surface area contributed by atoms with Crippen LogP contribution >= 0.6 is 0 Å². The van der Waals surface area contributed by atoms with E-state index in [1.54, 1.807) is 0 Å². The van der Waals surface area contributed by atoms with Crippen LogP contribution in [0.15, 0.2) is 36.4 Å². The molecule has 2 aromatic rings. The van der Waals surface area contributed by atoms with Gasteiger partial charge in [-0.1, -0.05) is 13.0 Å². The smallest absolute Gasteiger partial charge is 0.126 e. The van der Waals surface area contributed by atoms with E-state index in [2.05, 4.69) is 19.1 Å². The topological polar surface area (TPSA) is 38.7 Å². The Bertz CT molecular complexity index is 973. The fourth-order valence-electron chi connectivity index (χ4n) is 7.03. The molecule has 2 fully saturated rings. The number of benzene rings is 2. The summed E-state index contributed by atoms with van der Waals surface area (Å²) >= 11 is 0. The van der Waals surface area contributed by atoms with Gasteiger partial charge in [-0.25, -0.2) is 8.78 Å². The molecule has 33 heavy (non-hydrogen) atoms. The Morgan fingerprint density at radius 2 is 1.85 bits per heavy atom. The normalized spacial score (nSPS) is 30.4. The van der Waals surface area contributed by atoms with Crippen LogP contribution < -0.4 is 4.74 Å². The van der Waals surface area contributed by atoms with E-state index >= 15 is 0 Å². The second-order valence-corrected chi connectivity index (χ2v) is 10.4. The minimum absolute atomic E-state index is 0.150. The molecule has 2 saturated carbocycles. The van der Waals surface area contributed by atoms with Crippen molar-refractivity contribution < 1.29 is 23.4 Å². The van der Waals surface area contributed by atoms with Gasteiger partial charge in [0, 0.05) is 19.3 Å². The van der Waals surface area contributed by atoms with Crippen LogP contribution in [0.5, 0.6) is 5.75 Å². The summed E-state index contributed by atoms with van der Waals surface area (Å²) in [5.41, 5.74) is 3.56. The average Bonchev–Trinajstić information content (AvgIpc) is 3.13. The monoisotopic (exact) mass is 456 g/mol. The third kappa shape index (κ3) is 4.42. The molecule has 0 amide bonds. The lowest BCUT2D eigenvalue weighted by Gasteiger charge is -2.50. The van der Waals surface area contributed by atoms with Crippen molar-refractivity contribution in [3.05, 3.63) is 64.7 Å². The zero-order valence-corrected chi connectivity index (χ0v) is 19.4. The van der Waals surface area contributed by atoms with Gasteiger partial charge in [0.05, 0.1) is 6.10 Å². The maximum absolute atomic E-state index is 13.4. The third-order valence-corrected chi connectivity index (χ3v) is 8.56. The third-order valence-electron chi connectivity index (χ3n) is 8.56. The van der Waals surface area contributed by atoms with Gasteiger partial charge in [-0.2, -0.15) is 0 Å². The number of aryl methyl sites for hydroxylation is 1. The number of rotatable bonds is 7. The molecule has 0 aliphatic heterocycles. The Labute approximate surface area is 195 Å². The van der Waals surface area contributed by atoms with Gasteiger partial charge in [0.2, 0.25) is 0 Å². The molecule has 178 valence electrons. The molecule has 3 nitrogen and oxygen atoms in total. The van der Waals surface area contributed by atoms with Crippen LogP contribution in [0.1, 0.15) is 68.1 Å². The van der Waals surface area contributed by atoms with Crippen LogP contribution in [-0.4, -0.2) is 24.4 Å². The Hall–Kier alpha value is -1.98. The van der Waals surface area contributed by atoms with Crippen LogP contribution in [0.4, 0.5) is 8.78 Å². The van der Waals surface area contributed by atoms with Crippen molar-refractivity contribution in [2.45, 2.75) is 70.5 Å². The molecule has 0 bridgehead atoms. The van der Waals surface area contributed by atoms with Crippen LogP contribution in [0.2, 0.25) is 0 Å². The number of aliphatic hydroxyl groups excluding tert-OH is 1. The van der Waals surface area contributed by atoms with Crippen molar-refractivity contribution in [3.8, 4) is 5.75 Å². The lowest BCUT2D eigenvalue weighted by Crippen LogP contribution is -2.44. The van der Waals surface area contributed by atoms with Crippen molar-refractivity contribution in [3.63, 3.8) is 0 Å². The molecule has 5 rings (SSSR count). The molecular weight excluding hydrogens is 422 g/mol. The summed E-state index contributed by atoms with van der Waals surface area (Å²) < 4.78 is 39.0. The number of ether oxygens (including phenoxy) is 2. The van der Waals surface area contributed by atoms with Gasteiger partial charge in [0.1, 0.15) is 24.0 Å². The van der Waals surface area contributed by atoms with E-state index in [0.29, 0.717) is 36.0 Å². The van der Waals surface area contributed by atoms with Crippen molar-refractivity contribution in [2.75, 3.05) is 13.2 Å². The molecule has 0 heterocycles. The second-order valence-electron chi connectivity index (χ2n) is 10.4. The highest BCUT2D eigenvalue weighted by Crippen LogP contribution is 2.61. The van der Waals surface area contributed by atoms with Gasteiger partial charge in [-0.3, -0.25) is 0 Å². The van der Waals surface area contributed by atoms with Gasteiger partial charge in [-0.05, 0) is 109 Å². The fourth-order valence-corrected chi connectivity index (χ4v) is 7.03. The summed E-state index contributed by atoms with van der Waals surface area (Å²) in [6, 6.07) is 9.87. The summed E-state index contributed by atoms with van der Waals surface area (Å²) in [6.45, 7) is 3.44. The van der Waals surface area contributed by atoms with Gasteiger partial charge in [0.25, 0.3) is 0 Å². The minimum atomic E-state index is -0.581. The number of halogens is 2. The van der Waals surface area contributed by atoms with E-state index in [1.807, 2.05) is 6.07 Å². The van der Waals surface area contributed by atoms with Crippen LogP contribution in [0, 0.1) is 28.9 Å². The molecule has 0 radical (unpaired) electrons. The Morgan fingerprint density at radius 3 is 2.64 bits per heavy atom.